The second-order valence-electron chi connectivity index (χ2n) is 3.58. The van der Waals surface area contributed by atoms with Gasteiger partial charge in [0.05, 0.1) is 9.83 Å². The molecule has 94 valence electrons. The van der Waals surface area contributed by atoms with Crippen LogP contribution in [0.15, 0.2) is 28.3 Å². The summed E-state index contributed by atoms with van der Waals surface area (Å²) < 4.78 is 1.04. The fourth-order valence-corrected chi connectivity index (χ4v) is 2.66. The second kappa shape index (κ2) is 5.92. The average Bonchev–Trinajstić information content (AvgIpc) is 2.97. The highest BCUT2D eigenvalue weighted by Crippen LogP contribution is 2.22. The lowest BCUT2D eigenvalue weighted by Crippen LogP contribution is -2.25. The summed E-state index contributed by atoms with van der Waals surface area (Å²) in [7, 11) is 0. The first-order valence-corrected chi connectivity index (χ1v) is 6.85. The van der Waals surface area contributed by atoms with E-state index in [4.69, 9.17) is 0 Å². The van der Waals surface area contributed by atoms with Crippen molar-refractivity contribution in [1.29, 1.82) is 0 Å². The molecule has 0 fully saturated rings. The van der Waals surface area contributed by atoms with Crippen LogP contribution in [0.4, 0.5) is 0 Å². The molecule has 18 heavy (non-hydrogen) atoms. The van der Waals surface area contributed by atoms with Gasteiger partial charge in [0.2, 0.25) is 5.91 Å². The van der Waals surface area contributed by atoms with Crippen LogP contribution in [0.25, 0.3) is 6.08 Å². The smallest absolute Gasteiger partial charge is 0.244 e. The fourth-order valence-electron chi connectivity index (χ4n) is 1.33. The first kappa shape index (κ1) is 13.0. The standard InChI is InChI=1S/C11H11BrN4OS/c1-7(11-13-6-14-16-11)15-10(17)5-3-8-2-4-9(12)18-8/h2-7H,1H3,(H,15,17)(H,13,14,16)/b5-3+. The molecular formula is C11H11BrN4OS. The third kappa shape index (κ3) is 3.51. The number of hydrogen-bond acceptors (Lipinski definition) is 4. The molecule has 0 saturated carbocycles. The molecule has 2 rings (SSSR count). The van der Waals surface area contributed by atoms with E-state index in [1.807, 2.05) is 19.1 Å². The number of carbonyl (C=O) groups is 1. The summed E-state index contributed by atoms with van der Waals surface area (Å²) in [5.74, 6) is 0.471. The minimum atomic E-state index is -0.195. The van der Waals surface area contributed by atoms with E-state index in [1.165, 1.54) is 12.4 Å². The minimum Gasteiger partial charge on any atom is -0.343 e. The Kier molecular flexibility index (Phi) is 4.27. The number of hydrogen-bond donors (Lipinski definition) is 2. The SMILES string of the molecule is CC(NC(=O)/C=C/c1ccc(Br)s1)c1ncn[nH]1. The van der Waals surface area contributed by atoms with Crippen LogP contribution in [0.1, 0.15) is 23.7 Å². The minimum absolute atomic E-state index is 0.163. The van der Waals surface area contributed by atoms with Gasteiger partial charge in [-0.3, -0.25) is 9.89 Å². The Hall–Kier alpha value is -1.47. The fraction of sp³-hybridized carbons (Fsp3) is 0.182. The van der Waals surface area contributed by atoms with Crippen molar-refractivity contribution >= 4 is 39.2 Å². The number of H-pyrrole nitrogens is 1. The van der Waals surface area contributed by atoms with Crippen LogP contribution in [-0.4, -0.2) is 21.1 Å². The summed E-state index contributed by atoms with van der Waals surface area (Å²) in [5, 5.41) is 9.25. The predicted molar refractivity (Wildman–Crippen MR) is 74.0 cm³/mol. The van der Waals surface area contributed by atoms with Crippen LogP contribution in [0, 0.1) is 0 Å². The number of thiophene rings is 1. The van der Waals surface area contributed by atoms with Crippen LogP contribution in [0.2, 0.25) is 0 Å². The van der Waals surface area contributed by atoms with E-state index in [1.54, 1.807) is 17.4 Å². The molecule has 2 aromatic rings. The van der Waals surface area contributed by atoms with Gasteiger partial charge in [0.1, 0.15) is 12.2 Å². The van der Waals surface area contributed by atoms with Crippen molar-refractivity contribution < 1.29 is 4.79 Å². The van der Waals surface area contributed by atoms with Crippen LogP contribution in [-0.2, 0) is 4.79 Å². The summed E-state index contributed by atoms with van der Waals surface area (Å²) in [6.45, 7) is 1.84. The molecule has 0 aliphatic carbocycles. The van der Waals surface area contributed by atoms with Crippen molar-refractivity contribution in [1.82, 2.24) is 20.5 Å². The zero-order valence-electron chi connectivity index (χ0n) is 9.55. The van der Waals surface area contributed by atoms with Crippen molar-refractivity contribution in [2.45, 2.75) is 13.0 Å². The molecular weight excluding hydrogens is 316 g/mol. The van der Waals surface area contributed by atoms with Crippen molar-refractivity contribution in [3.05, 3.63) is 39.0 Å². The maximum absolute atomic E-state index is 11.7. The first-order valence-electron chi connectivity index (χ1n) is 5.24. The van der Waals surface area contributed by atoms with Crippen molar-refractivity contribution in [3.8, 4) is 0 Å². The molecule has 1 atom stereocenters. The Balaban J connectivity index is 1.91. The molecule has 0 aliphatic rings. The summed E-state index contributed by atoms with van der Waals surface area (Å²) in [6.07, 6.45) is 4.69. The molecule has 0 bridgehead atoms. The Bertz CT molecular complexity index is 549. The lowest BCUT2D eigenvalue weighted by Gasteiger charge is -2.08. The lowest BCUT2D eigenvalue weighted by molar-refractivity contribution is -0.117. The molecule has 1 amide bonds. The Morgan fingerprint density at radius 1 is 1.61 bits per heavy atom. The van der Waals surface area contributed by atoms with E-state index >= 15 is 0 Å². The molecule has 7 heteroatoms. The highest BCUT2D eigenvalue weighted by molar-refractivity contribution is 9.11. The van der Waals surface area contributed by atoms with Crippen LogP contribution < -0.4 is 5.32 Å². The Morgan fingerprint density at radius 2 is 2.44 bits per heavy atom. The highest BCUT2D eigenvalue weighted by Gasteiger charge is 2.09. The van der Waals surface area contributed by atoms with E-state index in [9.17, 15) is 4.79 Å². The van der Waals surface area contributed by atoms with Crippen molar-refractivity contribution in [2.24, 2.45) is 0 Å². The molecule has 0 spiro atoms. The van der Waals surface area contributed by atoms with E-state index in [0.717, 1.165) is 8.66 Å². The molecule has 0 saturated heterocycles. The molecule has 2 aromatic heterocycles. The third-order valence-corrected chi connectivity index (χ3v) is 3.78. The normalized spacial score (nSPS) is 12.8. The molecule has 0 aliphatic heterocycles. The predicted octanol–water partition coefficient (Wildman–Crippen LogP) is 2.52. The maximum Gasteiger partial charge on any atom is 0.244 e. The third-order valence-electron chi connectivity index (χ3n) is 2.20. The van der Waals surface area contributed by atoms with Gasteiger partial charge in [0.25, 0.3) is 0 Å². The Morgan fingerprint density at radius 3 is 3.06 bits per heavy atom. The lowest BCUT2D eigenvalue weighted by atomic mass is 10.3. The topological polar surface area (TPSA) is 70.7 Å². The number of nitrogens with one attached hydrogen (secondary N) is 2. The van der Waals surface area contributed by atoms with Gasteiger partial charge >= 0.3 is 0 Å². The van der Waals surface area contributed by atoms with E-state index in [0.29, 0.717) is 5.82 Å². The molecule has 1 unspecified atom stereocenters. The molecule has 2 N–H and O–H groups in total. The number of rotatable bonds is 4. The van der Waals surface area contributed by atoms with Gasteiger partial charge in [0.15, 0.2) is 0 Å². The maximum atomic E-state index is 11.7. The number of aromatic amines is 1. The zero-order chi connectivity index (χ0) is 13.0. The summed E-state index contributed by atoms with van der Waals surface area (Å²) >= 11 is 4.94. The quantitative estimate of drug-likeness (QED) is 0.848. The summed E-state index contributed by atoms with van der Waals surface area (Å²) in [6, 6.07) is 3.69. The van der Waals surface area contributed by atoms with Crippen LogP contribution >= 0.6 is 27.3 Å². The van der Waals surface area contributed by atoms with Gasteiger partial charge in [0, 0.05) is 11.0 Å². The Labute approximate surface area is 116 Å². The number of halogens is 1. The van der Waals surface area contributed by atoms with Gasteiger partial charge in [-0.25, -0.2) is 4.98 Å². The van der Waals surface area contributed by atoms with Crippen LogP contribution in [0.5, 0.6) is 0 Å². The molecule has 0 aromatic carbocycles. The summed E-state index contributed by atoms with van der Waals surface area (Å²) in [5.41, 5.74) is 0. The van der Waals surface area contributed by atoms with Crippen LogP contribution in [0.3, 0.4) is 0 Å². The molecule has 2 heterocycles. The van der Waals surface area contributed by atoms with E-state index in [-0.39, 0.29) is 11.9 Å². The molecule has 5 nitrogen and oxygen atoms in total. The van der Waals surface area contributed by atoms with Crippen molar-refractivity contribution in [2.75, 3.05) is 0 Å². The van der Waals surface area contributed by atoms with Crippen molar-refractivity contribution in [3.63, 3.8) is 0 Å². The number of aromatic nitrogens is 3. The number of carbonyl (C=O) groups excluding carboxylic acids is 1. The van der Waals surface area contributed by atoms with Gasteiger partial charge < -0.3 is 5.32 Å². The highest BCUT2D eigenvalue weighted by atomic mass is 79.9. The zero-order valence-corrected chi connectivity index (χ0v) is 12.0. The van der Waals surface area contributed by atoms with E-state index < -0.39 is 0 Å². The summed E-state index contributed by atoms with van der Waals surface area (Å²) in [4.78, 5) is 16.7. The van der Waals surface area contributed by atoms with Gasteiger partial charge in [-0.15, -0.1) is 11.3 Å². The second-order valence-corrected chi connectivity index (χ2v) is 6.07. The molecule has 0 radical (unpaired) electrons. The first-order chi connectivity index (χ1) is 8.65. The van der Waals surface area contributed by atoms with Gasteiger partial charge in [-0.05, 0) is 41.1 Å². The number of nitrogens with zero attached hydrogens (tertiary/aromatic N) is 2. The van der Waals surface area contributed by atoms with Gasteiger partial charge in [-0.1, -0.05) is 0 Å². The van der Waals surface area contributed by atoms with E-state index in [2.05, 4.69) is 36.4 Å². The largest absolute Gasteiger partial charge is 0.343 e. The average molecular weight is 327 g/mol. The van der Waals surface area contributed by atoms with Gasteiger partial charge in [-0.2, -0.15) is 5.10 Å². The monoisotopic (exact) mass is 326 g/mol. The number of amides is 1.